The summed E-state index contributed by atoms with van der Waals surface area (Å²) in [4.78, 5) is 8.06. The zero-order chi connectivity index (χ0) is 16.4. The van der Waals surface area contributed by atoms with Gasteiger partial charge in [0, 0.05) is 0 Å². The highest BCUT2D eigenvalue weighted by Gasteiger charge is 2.10. The lowest BCUT2D eigenvalue weighted by molar-refractivity contribution is 0.420. The van der Waals surface area contributed by atoms with Crippen molar-refractivity contribution in [1.29, 1.82) is 0 Å². The molecule has 122 valence electrons. The monoisotopic (exact) mass is 318 g/mol. The molecule has 0 amide bonds. The van der Waals surface area contributed by atoms with Crippen molar-refractivity contribution in [2.45, 2.75) is 32.1 Å². The van der Waals surface area contributed by atoms with Gasteiger partial charge < -0.3 is 10.1 Å². The van der Waals surface area contributed by atoms with Crippen LogP contribution in [0.2, 0.25) is 0 Å². The molecule has 0 bridgehead atoms. The molecule has 1 aliphatic rings. The minimum atomic E-state index is 0.285. The number of rotatable bonds is 3. The number of aromatic hydroxyl groups is 1. The fourth-order valence-corrected chi connectivity index (χ4v) is 3.53. The maximum atomic E-state index is 9.66. The summed E-state index contributed by atoms with van der Waals surface area (Å²) in [5.41, 5.74) is 4.08. The highest BCUT2D eigenvalue weighted by atomic mass is 16.3. The van der Waals surface area contributed by atoms with Crippen LogP contribution in [0.1, 0.15) is 37.9 Å². The zero-order valence-corrected chi connectivity index (χ0v) is 13.7. The summed E-state index contributed by atoms with van der Waals surface area (Å²) in [6, 6.07) is 13.5. The second kappa shape index (κ2) is 6.52. The molecule has 0 aliphatic heterocycles. The first-order valence-electron chi connectivity index (χ1n) is 8.75. The van der Waals surface area contributed by atoms with Crippen LogP contribution >= 0.6 is 0 Å². The molecule has 3 aromatic rings. The maximum Gasteiger partial charge on any atom is 0.130 e. The molecule has 1 saturated carbocycles. The number of aromatic nitrogens is 2. The smallest absolute Gasteiger partial charge is 0.130 e. The number of imidazole rings is 1. The summed E-state index contributed by atoms with van der Waals surface area (Å²) in [7, 11) is 0. The van der Waals surface area contributed by atoms with E-state index in [-0.39, 0.29) is 5.75 Å². The Kier molecular flexibility index (Phi) is 4.08. The molecule has 3 heteroatoms. The van der Waals surface area contributed by atoms with Crippen molar-refractivity contribution in [3.05, 3.63) is 54.4 Å². The average molecular weight is 318 g/mol. The lowest BCUT2D eigenvalue weighted by Crippen LogP contribution is -2.02. The SMILES string of the molecule is Oc1cccc(-c2ccc3nc(C=CC4CCCCC4)[nH]c3c2)c1. The summed E-state index contributed by atoms with van der Waals surface area (Å²) < 4.78 is 0. The number of phenolic OH excluding ortho intramolecular Hbond substituents is 1. The second-order valence-electron chi connectivity index (χ2n) is 6.66. The number of fused-ring (bicyclic) bond motifs is 1. The van der Waals surface area contributed by atoms with E-state index in [4.69, 9.17) is 0 Å². The highest BCUT2D eigenvalue weighted by molar-refractivity contribution is 5.83. The van der Waals surface area contributed by atoms with E-state index in [1.807, 2.05) is 24.3 Å². The Hall–Kier alpha value is -2.55. The van der Waals surface area contributed by atoms with Crippen molar-refractivity contribution in [1.82, 2.24) is 9.97 Å². The van der Waals surface area contributed by atoms with Crippen LogP contribution in [-0.4, -0.2) is 15.1 Å². The Labute approximate surface area is 142 Å². The number of phenols is 1. The van der Waals surface area contributed by atoms with Crippen LogP contribution in [0.4, 0.5) is 0 Å². The van der Waals surface area contributed by atoms with Gasteiger partial charge in [0.25, 0.3) is 0 Å². The standard InChI is InChI=1S/C21H22N2O/c24-18-8-4-7-16(13-18)17-10-11-19-20(14-17)23-21(22-19)12-9-15-5-2-1-3-6-15/h4,7-15,24H,1-3,5-6H2,(H,22,23). The van der Waals surface area contributed by atoms with Gasteiger partial charge in [0.2, 0.25) is 0 Å². The summed E-state index contributed by atoms with van der Waals surface area (Å²) in [5, 5.41) is 9.66. The van der Waals surface area contributed by atoms with Crippen molar-refractivity contribution in [2.75, 3.05) is 0 Å². The van der Waals surface area contributed by atoms with E-state index in [1.54, 1.807) is 12.1 Å². The van der Waals surface area contributed by atoms with E-state index in [2.05, 4.69) is 28.2 Å². The first-order valence-corrected chi connectivity index (χ1v) is 8.75. The Balaban J connectivity index is 1.60. The van der Waals surface area contributed by atoms with Gasteiger partial charge in [-0.1, -0.05) is 43.5 Å². The molecular formula is C21H22N2O. The number of nitrogens with one attached hydrogen (secondary N) is 1. The minimum absolute atomic E-state index is 0.285. The predicted molar refractivity (Wildman–Crippen MR) is 98.8 cm³/mol. The molecule has 0 atom stereocenters. The van der Waals surface area contributed by atoms with Crippen molar-refractivity contribution in [3.8, 4) is 16.9 Å². The van der Waals surface area contributed by atoms with Gasteiger partial charge in [0.15, 0.2) is 0 Å². The van der Waals surface area contributed by atoms with Crippen molar-refractivity contribution in [2.24, 2.45) is 5.92 Å². The molecule has 0 spiro atoms. The van der Waals surface area contributed by atoms with Gasteiger partial charge in [0.1, 0.15) is 11.6 Å². The molecule has 4 rings (SSSR count). The molecular weight excluding hydrogens is 296 g/mol. The van der Waals surface area contributed by atoms with E-state index in [1.165, 1.54) is 32.1 Å². The normalized spacial score (nSPS) is 16.2. The van der Waals surface area contributed by atoms with Crippen molar-refractivity contribution < 1.29 is 5.11 Å². The zero-order valence-electron chi connectivity index (χ0n) is 13.7. The molecule has 0 saturated heterocycles. The van der Waals surface area contributed by atoms with Crippen LogP contribution in [0, 0.1) is 5.92 Å². The van der Waals surface area contributed by atoms with Gasteiger partial charge in [-0.25, -0.2) is 4.98 Å². The van der Waals surface area contributed by atoms with Crippen LogP contribution in [0.25, 0.3) is 28.2 Å². The molecule has 1 heterocycles. The number of hydrogen-bond donors (Lipinski definition) is 2. The minimum Gasteiger partial charge on any atom is -0.508 e. The third-order valence-electron chi connectivity index (χ3n) is 4.86. The van der Waals surface area contributed by atoms with E-state index in [0.717, 1.165) is 28.0 Å². The molecule has 0 unspecified atom stereocenters. The van der Waals surface area contributed by atoms with E-state index < -0.39 is 0 Å². The van der Waals surface area contributed by atoms with Crippen molar-refractivity contribution in [3.63, 3.8) is 0 Å². The average Bonchev–Trinajstić information content (AvgIpc) is 3.03. The number of benzene rings is 2. The first-order chi connectivity index (χ1) is 11.8. The largest absolute Gasteiger partial charge is 0.508 e. The van der Waals surface area contributed by atoms with Gasteiger partial charge in [-0.3, -0.25) is 0 Å². The van der Waals surface area contributed by atoms with E-state index >= 15 is 0 Å². The van der Waals surface area contributed by atoms with Crippen molar-refractivity contribution >= 4 is 17.1 Å². The molecule has 2 N–H and O–H groups in total. The number of aromatic amines is 1. The number of hydrogen-bond acceptors (Lipinski definition) is 2. The van der Waals surface area contributed by atoms with Gasteiger partial charge in [-0.2, -0.15) is 0 Å². The van der Waals surface area contributed by atoms with Gasteiger partial charge in [-0.15, -0.1) is 0 Å². The summed E-state index contributed by atoms with van der Waals surface area (Å²) in [6.07, 6.45) is 11.1. The van der Waals surface area contributed by atoms with Crippen LogP contribution in [0.5, 0.6) is 5.75 Å². The molecule has 1 aliphatic carbocycles. The van der Waals surface area contributed by atoms with E-state index in [9.17, 15) is 5.11 Å². The van der Waals surface area contributed by atoms with Gasteiger partial charge in [-0.05, 0) is 60.2 Å². The second-order valence-corrected chi connectivity index (χ2v) is 6.66. The number of nitrogens with zero attached hydrogens (tertiary/aromatic N) is 1. The predicted octanol–water partition coefficient (Wildman–Crippen LogP) is 5.53. The fourth-order valence-electron chi connectivity index (χ4n) is 3.53. The van der Waals surface area contributed by atoms with Crippen LogP contribution in [0.3, 0.4) is 0 Å². The number of allylic oxidation sites excluding steroid dienone is 1. The Bertz CT molecular complexity index is 872. The highest BCUT2D eigenvalue weighted by Crippen LogP contribution is 2.27. The quantitative estimate of drug-likeness (QED) is 0.667. The van der Waals surface area contributed by atoms with Crippen LogP contribution in [-0.2, 0) is 0 Å². The third-order valence-corrected chi connectivity index (χ3v) is 4.86. The Morgan fingerprint density at radius 2 is 1.83 bits per heavy atom. The molecule has 0 radical (unpaired) electrons. The summed E-state index contributed by atoms with van der Waals surface area (Å²) >= 11 is 0. The topological polar surface area (TPSA) is 48.9 Å². The molecule has 1 aromatic heterocycles. The lowest BCUT2D eigenvalue weighted by atomic mass is 9.89. The Morgan fingerprint density at radius 1 is 1.00 bits per heavy atom. The van der Waals surface area contributed by atoms with Crippen LogP contribution in [0.15, 0.2) is 48.5 Å². The summed E-state index contributed by atoms with van der Waals surface area (Å²) in [6.45, 7) is 0. The summed E-state index contributed by atoms with van der Waals surface area (Å²) in [5.74, 6) is 1.91. The van der Waals surface area contributed by atoms with Gasteiger partial charge >= 0.3 is 0 Å². The third kappa shape index (κ3) is 3.21. The fraction of sp³-hybridized carbons (Fsp3) is 0.286. The van der Waals surface area contributed by atoms with Crippen LogP contribution < -0.4 is 0 Å². The van der Waals surface area contributed by atoms with Gasteiger partial charge in [0.05, 0.1) is 11.0 Å². The molecule has 3 nitrogen and oxygen atoms in total. The first kappa shape index (κ1) is 15.0. The molecule has 24 heavy (non-hydrogen) atoms. The molecule has 1 fully saturated rings. The Morgan fingerprint density at radius 3 is 2.67 bits per heavy atom. The lowest BCUT2D eigenvalue weighted by Gasteiger charge is -2.17. The van der Waals surface area contributed by atoms with E-state index in [0.29, 0.717) is 5.92 Å². The molecule has 2 aromatic carbocycles. The maximum absolute atomic E-state index is 9.66. The number of H-pyrrole nitrogens is 1.